The van der Waals surface area contributed by atoms with Crippen LogP contribution in [0, 0.1) is 22.3 Å². The Kier molecular flexibility index (Phi) is 34.5. The maximum absolute atomic E-state index is 5.35. The molecule has 392 valence electrons. The van der Waals surface area contributed by atoms with Gasteiger partial charge in [0.2, 0.25) is 0 Å². The molecule has 0 radical (unpaired) electrons. The van der Waals surface area contributed by atoms with Crippen molar-refractivity contribution in [3.05, 3.63) is 145 Å². The summed E-state index contributed by atoms with van der Waals surface area (Å²) in [7, 11) is 0. The first kappa shape index (κ1) is 74.6. The monoisotopic (exact) mass is 1110 g/mol. The molecular formula is C64H108HfN4-4. The molecule has 4 nitrogen and oxygen atoms in total. The minimum absolute atomic E-state index is 0. The fraction of sp³-hybridized carbons (Fsp3) is 0.547. The fourth-order valence-electron chi connectivity index (χ4n) is 7.99. The molecule has 0 aliphatic heterocycles. The first-order valence-electron chi connectivity index (χ1n) is 23.9. The summed E-state index contributed by atoms with van der Waals surface area (Å²) < 4.78 is 0. The molecule has 0 atom stereocenters. The average Bonchev–Trinajstić information content (AvgIpc) is 3.17. The number of nitrogens with one attached hydrogen (secondary N) is 1. The van der Waals surface area contributed by atoms with Crippen LogP contribution in [0.4, 0.5) is 22.7 Å². The molecule has 0 unspecified atom stereocenters. The maximum atomic E-state index is 5.35. The predicted octanol–water partition coefficient (Wildman–Crippen LogP) is 22.2. The summed E-state index contributed by atoms with van der Waals surface area (Å²) in [5.41, 5.74) is 16.9. The molecule has 4 rings (SSSR count). The van der Waals surface area contributed by atoms with E-state index in [1.165, 1.54) is 50.2 Å². The molecule has 0 heterocycles. The molecule has 69 heavy (non-hydrogen) atoms. The number of para-hydroxylation sites is 4. The van der Waals surface area contributed by atoms with Gasteiger partial charge >= 0.3 is 0 Å². The van der Waals surface area contributed by atoms with E-state index in [9.17, 15) is 0 Å². The Hall–Kier alpha value is -3.31. The Morgan fingerprint density at radius 2 is 0.638 bits per heavy atom. The molecule has 5 heteroatoms. The zero-order valence-electron chi connectivity index (χ0n) is 46.9. The van der Waals surface area contributed by atoms with Gasteiger partial charge in [0, 0.05) is 43.0 Å². The van der Waals surface area contributed by atoms with Crippen LogP contribution >= 0.6 is 0 Å². The molecule has 0 fully saturated rings. The van der Waals surface area contributed by atoms with Crippen LogP contribution in [-0.4, -0.2) is 22.5 Å². The van der Waals surface area contributed by atoms with Gasteiger partial charge in [0.25, 0.3) is 0 Å². The minimum atomic E-state index is -0.396. The maximum Gasteiger partial charge on any atom is 0.0699 e. The third-order valence-corrected chi connectivity index (χ3v) is 12.6. The predicted molar refractivity (Wildman–Crippen MR) is 318 cm³/mol. The Balaban J connectivity index is -0.000000359. The molecule has 0 spiro atoms. The summed E-state index contributed by atoms with van der Waals surface area (Å²) in [6, 6.07) is 26.6. The van der Waals surface area contributed by atoms with Crippen LogP contribution in [0.3, 0.4) is 0 Å². The largest absolute Gasteiger partial charge is 0.674 e. The fourth-order valence-corrected chi connectivity index (χ4v) is 7.99. The van der Waals surface area contributed by atoms with Crippen molar-refractivity contribution in [3.8, 4) is 0 Å². The molecule has 0 amide bonds. The van der Waals surface area contributed by atoms with E-state index < -0.39 is 5.54 Å². The first-order chi connectivity index (χ1) is 28.7. The molecule has 0 aromatic heterocycles. The second-order valence-corrected chi connectivity index (χ2v) is 21.2. The number of rotatable bonds is 16. The Bertz CT molecular complexity index is 1880. The number of nitrogens with zero attached hydrogens (tertiary/aromatic N) is 3. The van der Waals surface area contributed by atoms with Gasteiger partial charge in [-0.05, 0) is 108 Å². The molecule has 0 saturated carbocycles. The zero-order valence-corrected chi connectivity index (χ0v) is 50.5. The van der Waals surface area contributed by atoms with E-state index in [-0.39, 0.29) is 75.9 Å². The van der Waals surface area contributed by atoms with Crippen molar-refractivity contribution < 1.29 is 25.8 Å². The molecular weight excluding hydrogens is 1000 g/mol. The number of aliphatic imine (C=N–C) groups is 2. The van der Waals surface area contributed by atoms with Gasteiger partial charge in [0.15, 0.2) is 0 Å². The van der Waals surface area contributed by atoms with Crippen LogP contribution in [0.2, 0.25) is 0 Å². The second kappa shape index (κ2) is 31.9. The van der Waals surface area contributed by atoms with E-state index in [1.807, 2.05) is 0 Å². The van der Waals surface area contributed by atoms with Crippen LogP contribution in [0.5, 0.6) is 0 Å². The van der Waals surface area contributed by atoms with Crippen LogP contribution < -0.4 is 5.32 Å². The van der Waals surface area contributed by atoms with Crippen molar-refractivity contribution in [2.45, 2.75) is 233 Å². The van der Waals surface area contributed by atoms with Crippen molar-refractivity contribution in [3.63, 3.8) is 0 Å². The number of hydrogen-bond acceptors (Lipinski definition) is 3. The van der Waals surface area contributed by atoms with E-state index in [0.29, 0.717) is 47.3 Å². The van der Waals surface area contributed by atoms with Crippen LogP contribution in [0.1, 0.15) is 266 Å². The van der Waals surface area contributed by atoms with Gasteiger partial charge in [0.05, 0.1) is 16.9 Å². The Labute approximate surface area is 450 Å². The summed E-state index contributed by atoms with van der Waals surface area (Å²) >= 11 is 0. The van der Waals surface area contributed by atoms with Gasteiger partial charge < -0.3 is 32.9 Å². The first-order valence-corrected chi connectivity index (χ1v) is 23.9. The van der Waals surface area contributed by atoms with Gasteiger partial charge in [-0.25, -0.2) is 0 Å². The van der Waals surface area contributed by atoms with E-state index in [1.54, 1.807) is 0 Å². The summed E-state index contributed by atoms with van der Waals surface area (Å²) in [6.45, 7) is 49.3. The zero-order chi connectivity index (χ0) is 47.0. The van der Waals surface area contributed by atoms with Crippen molar-refractivity contribution in [2.24, 2.45) is 9.98 Å². The molecule has 0 bridgehead atoms. The normalized spacial score (nSPS) is 11.7. The second-order valence-electron chi connectivity index (χ2n) is 21.2. The van der Waals surface area contributed by atoms with Gasteiger partial charge in [-0.15, -0.1) is 5.69 Å². The average molecular weight is 1110 g/mol. The Morgan fingerprint density at radius 3 is 0.899 bits per heavy atom. The molecule has 4 aromatic carbocycles. The smallest absolute Gasteiger partial charge is 0.0699 e. The number of benzene rings is 4. The van der Waals surface area contributed by atoms with Gasteiger partial charge in [-0.1, -0.05) is 236 Å². The summed E-state index contributed by atoms with van der Waals surface area (Å²) in [5, 5.41) is 9.25. The quantitative estimate of drug-likeness (QED) is 0.0678. The number of anilines is 1. The van der Waals surface area contributed by atoms with E-state index in [2.05, 4.69) is 230 Å². The standard InChI is InChI=1S/C29H44N2.C29H43N2.3CH4.3CH3.Hf/c2*1-18(2)23-14-12-15-24(19(3)4)27(23)30-22(9)29(10,11)31-28-25(20(5)6)16-13-17-26(28)21(7)8;;;;;;;/h12-21,31H,1-11H3;12-21H,1-11H3;3*1H4;3*1H3;/q;-1;;;;3*-1;. The third-order valence-electron chi connectivity index (χ3n) is 12.6. The van der Waals surface area contributed by atoms with Crippen LogP contribution in [0.15, 0.2) is 82.8 Å². The summed E-state index contributed by atoms with van der Waals surface area (Å²) in [5.74, 6) is 3.52. The molecule has 0 aliphatic rings. The summed E-state index contributed by atoms with van der Waals surface area (Å²) in [6.07, 6.45) is 0. The molecule has 0 aliphatic carbocycles. The Morgan fingerprint density at radius 1 is 0.406 bits per heavy atom. The van der Waals surface area contributed by atoms with E-state index >= 15 is 0 Å². The minimum Gasteiger partial charge on any atom is -0.674 e. The number of hydrogen-bond donors (Lipinski definition) is 1. The van der Waals surface area contributed by atoms with Gasteiger partial charge in [-0.3, -0.25) is 9.98 Å². The summed E-state index contributed by atoms with van der Waals surface area (Å²) in [4.78, 5) is 10.5. The van der Waals surface area contributed by atoms with Gasteiger partial charge in [-0.2, -0.15) is 0 Å². The SMILES string of the molecule is C.C.C.CC(=Nc1c(C(C)C)cccc1C(C)C)C(C)(C)Nc1c(C(C)C)cccc1C(C)C.CC(=Nc1c(C(C)C)cccc1C(C)C)C(C)(C)[N-]c1c(C(C)C)cccc1C(C)C.[CH3-].[CH3-].[CH3-].[Hf]. The molecule has 0 saturated heterocycles. The van der Waals surface area contributed by atoms with E-state index in [0.717, 1.165) is 28.5 Å². The van der Waals surface area contributed by atoms with Crippen molar-refractivity contribution in [1.29, 1.82) is 0 Å². The van der Waals surface area contributed by atoms with Gasteiger partial charge in [0.1, 0.15) is 0 Å². The third kappa shape index (κ3) is 19.3. The topological polar surface area (TPSA) is 50.9 Å². The molecule has 4 aromatic rings. The molecule has 1 N–H and O–H groups in total. The van der Waals surface area contributed by atoms with Crippen molar-refractivity contribution in [2.75, 3.05) is 5.32 Å². The van der Waals surface area contributed by atoms with Crippen LogP contribution in [-0.2, 0) is 25.8 Å². The van der Waals surface area contributed by atoms with Crippen LogP contribution in [0.25, 0.3) is 5.32 Å². The van der Waals surface area contributed by atoms with E-state index in [4.69, 9.17) is 15.3 Å². The van der Waals surface area contributed by atoms with Crippen molar-refractivity contribution >= 4 is 34.2 Å². The van der Waals surface area contributed by atoms with Crippen molar-refractivity contribution in [1.82, 2.24) is 0 Å².